The molecule has 0 aliphatic heterocycles. The molecule has 2 aromatic rings. The normalized spacial score (nSPS) is 11.3. The molecule has 3 N–H and O–H groups in total. The van der Waals surface area contributed by atoms with Crippen LogP contribution in [0.2, 0.25) is 0 Å². The molecule has 0 bridgehead atoms. The molecule has 2 rings (SSSR count). The highest BCUT2D eigenvalue weighted by Gasteiger charge is 2.06. The van der Waals surface area contributed by atoms with Gasteiger partial charge in [0.15, 0.2) is 5.71 Å². The van der Waals surface area contributed by atoms with Crippen LogP contribution in [0.25, 0.3) is 0 Å². The Kier molecular flexibility index (Phi) is 5.05. The van der Waals surface area contributed by atoms with Crippen LogP contribution in [0.15, 0.2) is 70.9 Å². The van der Waals surface area contributed by atoms with Gasteiger partial charge in [-0.3, -0.25) is 10.9 Å². The molecule has 6 heteroatoms. The third-order valence-electron chi connectivity index (χ3n) is 2.45. The van der Waals surface area contributed by atoms with E-state index in [0.29, 0.717) is 5.69 Å². The zero-order valence-corrected chi connectivity index (χ0v) is 11.1. The summed E-state index contributed by atoms with van der Waals surface area (Å²) >= 11 is 0. The van der Waals surface area contributed by atoms with Crippen molar-refractivity contribution in [3.8, 4) is 0 Å². The molecule has 6 nitrogen and oxygen atoms in total. The van der Waals surface area contributed by atoms with Gasteiger partial charge in [-0.2, -0.15) is 10.2 Å². The number of nitrogens with zero attached hydrogens (tertiary/aromatic N) is 2. The molecule has 0 aliphatic carbocycles. The lowest BCUT2D eigenvalue weighted by Gasteiger charge is -2.01. The molecule has 0 fully saturated rings. The first-order valence-electron chi connectivity index (χ1n) is 6.22. The van der Waals surface area contributed by atoms with Crippen LogP contribution in [0.5, 0.6) is 0 Å². The standard InChI is InChI=1S/C15H14N4O2/c20-15(21)14(19-18-13-9-5-2-6-10-13)11-16-17-12-7-3-1-4-8-12/h1-11,17-18H,(H,20,21)/b16-11-,19-14-. The predicted molar refractivity (Wildman–Crippen MR) is 83.7 cm³/mol. The highest BCUT2D eigenvalue weighted by Crippen LogP contribution is 2.05. The number of hydrogen-bond acceptors (Lipinski definition) is 5. The second kappa shape index (κ2) is 7.44. The van der Waals surface area contributed by atoms with Gasteiger partial charge in [-0.05, 0) is 24.3 Å². The van der Waals surface area contributed by atoms with E-state index in [1.165, 1.54) is 0 Å². The first-order valence-corrected chi connectivity index (χ1v) is 6.22. The highest BCUT2D eigenvalue weighted by molar-refractivity contribution is 6.59. The maximum Gasteiger partial charge on any atom is 0.358 e. The molecule has 0 radical (unpaired) electrons. The highest BCUT2D eigenvalue weighted by atomic mass is 16.4. The second-order valence-electron chi connectivity index (χ2n) is 4.02. The Labute approximate surface area is 121 Å². The molecule has 0 spiro atoms. The molecular formula is C15H14N4O2. The largest absolute Gasteiger partial charge is 0.476 e. The Morgan fingerprint density at radius 3 is 1.95 bits per heavy atom. The SMILES string of the molecule is O=C(O)C(/C=N\Nc1ccccc1)=N\Nc1ccccc1. The molecule has 0 unspecified atom stereocenters. The molecule has 0 saturated heterocycles. The van der Waals surface area contributed by atoms with Gasteiger partial charge in [0.2, 0.25) is 0 Å². The molecule has 0 aromatic heterocycles. The smallest absolute Gasteiger partial charge is 0.358 e. The van der Waals surface area contributed by atoms with Gasteiger partial charge in [-0.25, -0.2) is 4.79 Å². The minimum Gasteiger partial charge on any atom is -0.476 e. The number of anilines is 2. The fourth-order valence-electron chi connectivity index (χ4n) is 1.45. The number of benzene rings is 2. The Morgan fingerprint density at radius 1 is 0.905 bits per heavy atom. The van der Waals surface area contributed by atoms with Crippen LogP contribution in [-0.4, -0.2) is 23.0 Å². The fraction of sp³-hybridized carbons (Fsp3) is 0. The van der Waals surface area contributed by atoms with Crippen molar-refractivity contribution < 1.29 is 9.90 Å². The van der Waals surface area contributed by atoms with Crippen LogP contribution in [0, 0.1) is 0 Å². The minimum atomic E-state index is -1.17. The van der Waals surface area contributed by atoms with E-state index in [4.69, 9.17) is 5.11 Å². The number of para-hydroxylation sites is 2. The molecule has 0 saturated carbocycles. The summed E-state index contributed by atoms with van der Waals surface area (Å²) in [4.78, 5) is 11.1. The first-order chi connectivity index (χ1) is 10.3. The Hall–Kier alpha value is -3.15. The van der Waals surface area contributed by atoms with Gasteiger partial charge in [0, 0.05) is 0 Å². The lowest BCUT2D eigenvalue weighted by molar-refractivity contribution is -0.129. The molecule has 0 atom stereocenters. The van der Waals surface area contributed by atoms with Gasteiger partial charge < -0.3 is 5.11 Å². The van der Waals surface area contributed by atoms with Gasteiger partial charge in [-0.15, -0.1) is 0 Å². The number of carboxylic acids is 1. The van der Waals surface area contributed by atoms with Crippen LogP contribution in [-0.2, 0) is 4.79 Å². The lowest BCUT2D eigenvalue weighted by Crippen LogP contribution is -2.17. The van der Waals surface area contributed by atoms with Crippen molar-refractivity contribution in [2.75, 3.05) is 10.9 Å². The molecule has 21 heavy (non-hydrogen) atoms. The van der Waals surface area contributed by atoms with Crippen molar-refractivity contribution in [3.05, 3.63) is 60.7 Å². The summed E-state index contributed by atoms with van der Waals surface area (Å²) in [6.45, 7) is 0. The third-order valence-corrected chi connectivity index (χ3v) is 2.45. The molecular weight excluding hydrogens is 268 g/mol. The number of rotatable bonds is 6. The maximum absolute atomic E-state index is 11.1. The molecule has 106 valence electrons. The number of hydrazone groups is 2. The summed E-state index contributed by atoms with van der Waals surface area (Å²) in [5.41, 5.74) is 6.64. The Balaban J connectivity index is 2.00. The zero-order valence-electron chi connectivity index (χ0n) is 11.1. The number of hydrogen-bond donors (Lipinski definition) is 3. The summed E-state index contributed by atoms with van der Waals surface area (Å²) in [5, 5.41) is 16.7. The van der Waals surface area contributed by atoms with Crippen molar-refractivity contribution in [1.29, 1.82) is 0 Å². The number of carboxylic acid groups (broad SMARTS) is 1. The van der Waals surface area contributed by atoms with E-state index in [0.717, 1.165) is 11.9 Å². The van der Waals surface area contributed by atoms with Crippen molar-refractivity contribution >= 4 is 29.3 Å². The summed E-state index contributed by atoms with van der Waals surface area (Å²) in [5.74, 6) is -1.17. The van der Waals surface area contributed by atoms with Gasteiger partial charge in [0.25, 0.3) is 0 Å². The maximum atomic E-state index is 11.1. The van der Waals surface area contributed by atoms with Crippen LogP contribution in [0.3, 0.4) is 0 Å². The first kappa shape index (κ1) is 14.3. The van der Waals surface area contributed by atoms with Crippen LogP contribution >= 0.6 is 0 Å². The average molecular weight is 282 g/mol. The summed E-state index contributed by atoms with van der Waals surface area (Å²) in [7, 11) is 0. The van der Waals surface area contributed by atoms with Crippen molar-refractivity contribution in [2.24, 2.45) is 10.2 Å². The van der Waals surface area contributed by atoms with Gasteiger partial charge >= 0.3 is 5.97 Å². The predicted octanol–water partition coefficient (Wildman–Crippen LogP) is 2.64. The summed E-state index contributed by atoms with van der Waals surface area (Å²) in [6, 6.07) is 18.3. The van der Waals surface area contributed by atoms with E-state index in [-0.39, 0.29) is 5.71 Å². The number of nitrogens with one attached hydrogen (secondary N) is 2. The van der Waals surface area contributed by atoms with E-state index in [2.05, 4.69) is 21.1 Å². The van der Waals surface area contributed by atoms with Gasteiger partial charge in [0.1, 0.15) is 0 Å². The van der Waals surface area contributed by atoms with E-state index >= 15 is 0 Å². The molecule has 2 aromatic carbocycles. The monoisotopic (exact) mass is 282 g/mol. The van der Waals surface area contributed by atoms with Crippen molar-refractivity contribution in [2.45, 2.75) is 0 Å². The van der Waals surface area contributed by atoms with Crippen LogP contribution in [0.4, 0.5) is 11.4 Å². The Morgan fingerprint density at radius 2 is 1.43 bits per heavy atom. The summed E-state index contributed by atoms with van der Waals surface area (Å²) < 4.78 is 0. The lowest BCUT2D eigenvalue weighted by atomic mass is 10.3. The van der Waals surface area contributed by atoms with Crippen molar-refractivity contribution in [3.63, 3.8) is 0 Å². The molecule has 0 aliphatic rings. The number of aliphatic carboxylic acids is 1. The topological polar surface area (TPSA) is 86.1 Å². The fourth-order valence-corrected chi connectivity index (χ4v) is 1.45. The molecule has 0 amide bonds. The van der Waals surface area contributed by atoms with E-state index < -0.39 is 5.97 Å². The second-order valence-corrected chi connectivity index (χ2v) is 4.02. The van der Waals surface area contributed by atoms with E-state index in [1.807, 2.05) is 48.5 Å². The number of carbonyl (C=O) groups is 1. The summed E-state index contributed by atoms with van der Waals surface area (Å²) in [6.07, 6.45) is 1.14. The van der Waals surface area contributed by atoms with Crippen LogP contribution in [0.1, 0.15) is 0 Å². The van der Waals surface area contributed by atoms with Crippen LogP contribution < -0.4 is 10.9 Å². The third kappa shape index (κ3) is 4.79. The molecule has 0 heterocycles. The minimum absolute atomic E-state index is 0.206. The van der Waals surface area contributed by atoms with E-state index in [9.17, 15) is 4.79 Å². The Bertz CT molecular complexity index is 639. The van der Waals surface area contributed by atoms with Gasteiger partial charge in [0.05, 0.1) is 17.6 Å². The average Bonchev–Trinajstić information content (AvgIpc) is 2.52. The van der Waals surface area contributed by atoms with Gasteiger partial charge in [-0.1, -0.05) is 36.4 Å². The quantitative estimate of drug-likeness (QED) is 0.561. The zero-order chi connectivity index (χ0) is 14.9. The van der Waals surface area contributed by atoms with E-state index in [1.54, 1.807) is 12.1 Å². The van der Waals surface area contributed by atoms with Crippen molar-refractivity contribution in [1.82, 2.24) is 0 Å².